The highest BCUT2D eigenvalue weighted by molar-refractivity contribution is 9.11. The highest BCUT2D eigenvalue weighted by Crippen LogP contribution is 2.38. The molecule has 5 nitrogen and oxygen atoms in total. The number of aryl methyl sites for hydroxylation is 2. The van der Waals surface area contributed by atoms with Crippen molar-refractivity contribution in [3.8, 4) is 16.9 Å². The molecule has 0 saturated carbocycles. The summed E-state index contributed by atoms with van der Waals surface area (Å²) in [4.78, 5) is 25.2. The first-order valence-corrected chi connectivity index (χ1v) is 12.6. The van der Waals surface area contributed by atoms with Gasteiger partial charge in [-0.05, 0) is 76.5 Å². The number of nitrogens with one attached hydrogen (secondary N) is 1. The van der Waals surface area contributed by atoms with Crippen LogP contribution in [-0.4, -0.2) is 25.6 Å². The molecular formula is C24H21Br2NO4S. The first-order chi connectivity index (χ1) is 15.5. The van der Waals surface area contributed by atoms with Crippen molar-refractivity contribution in [3.05, 3.63) is 67.4 Å². The van der Waals surface area contributed by atoms with Gasteiger partial charge in [-0.2, -0.15) is 0 Å². The van der Waals surface area contributed by atoms with E-state index in [2.05, 4.69) is 49.3 Å². The number of carbonyl (C=O) groups is 2. The van der Waals surface area contributed by atoms with Crippen LogP contribution in [0.2, 0.25) is 0 Å². The third kappa shape index (κ3) is 5.08. The molecule has 3 aromatic rings. The summed E-state index contributed by atoms with van der Waals surface area (Å²) in [5.74, 6) is -0.285. The van der Waals surface area contributed by atoms with Crippen molar-refractivity contribution < 1.29 is 19.1 Å². The molecule has 0 bridgehead atoms. The summed E-state index contributed by atoms with van der Waals surface area (Å²) in [6, 6.07) is 11.8. The number of methoxy groups -OCH3 is 1. The monoisotopic (exact) mass is 577 g/mol. The van der Waals surface area contributed by atoms with E-state index in [0.29, 0.717) is 16.3 Å². The first kappa shape index (κ1) is 23.0. The topological polar surface area (TPSA) is 64.6 Å². The van der Waals surface area contributed by atoms with Crippen LogP contribution in [0.5, 0.6) is 5.75 Å². The van der Waals surface area contributed by atoms with Crippen molar-refractivity contribution in [2.24, 2.45) is 0 Å². The quantitative estimate of drug-likeness (QED) is 0.334. The lowest BCUT2D eigenvalue weighted by Gasteiger charge is -2.16. The summed E-state index contributed by atoms with van der Waals surface area (Å²) in [7, 11) is 1.34. The van der Waals surface area contributed by atoms with Gasteiger partial charge in [0.25, 0.3) is 5.91 Å². The minimum Gasteiger partial charge on any atom is -0.483 e. The smallest absolute Gasteiger partial charge is 0.341 e. The van der Waals surface area contributed by atoms with Crippen LogP contribution in [0.4, 0.5) is 5.00 Å². The Bertz CT molecular complexity index is 1170. The molecule has 2 aromatic carbocycles. The van der Waals surface area contributed by atoms with Crippen LogP contribution in [0.25, 0.3) is 11.1 Å². The predicted octanol–water partition coefficient (Wildman–Crippen LogP) is 6.62. The normalized spacial score (nSPS) is 12.7. The van der Waals surface area contributed by atoms with E-state index in [1.807, 2.05) is 23.6 Å². The van der Waals surface area contributed by atoms with Crippen LogP contribution < -0.4 is 10.1 Å². The fourth-order valence-electron chi connectivity index (χ4n) is 3.77. The number of halogens is 2. The summed E-state index contributed by atoms with van der Waals surface area (Å²) < 4.78 is 12.3. The molecule has 0 spiro atoms. The van der Waals surface area contributed by atoms with Gasteiger partial charge in [-0.3, -0.25) is 4.79 Å². The molecule has 1 aliphatic rings. The van der Waals surface area contributed by atoms with Gasteiger partial charge in [-0.1, -0.05) is 34.1 Å². The number of benzene rings is 2. The highest BCUT2D eigenvalue weighted by Gasteiger charge is 2.23. The van der Waals surface area contributed by atoms with Crippen LogP contribution >= 0.6 is 43.2 Å². The van der Waals surface area contributed by atoms with Gasteiger partial charge in [-0.15, -0.1) is 11.3 Å². The van der Waals surface area contributed by atoms with Crippen molar-refractivity contribution in [3.63, 3.8) is 0 Å². The molecule has 0 saturated heterocycles. The Morgan fingerprint density at radius 1 is 1.06 bits per heavy atom. The number of carbonyl (C=O) groups excluding carboxylic acids is 2. The lowest BCUT2D eigenvalue weighted by molar-refractivity contribution is -0.118. The molecule has 166 valence electrons. The van der Waals surface area contributed by atoms with E-state index in [1.165, 1.54) is 42.4 Å². The van der Waals surface area contributed by atoms with E-state index in [4.69, 9.17) is 9.47 Å². The number of ether oxygens (including phenoxy) is 2. The van der Waals surface area contributed by atoms with E-state index < -0.39 is 5.97 Å². The Kier molecular flexibility index (Phi) is 7.33. The van der Waals surface area contributed by atoms with Gasteiger partial charge >= 0.3 is 5.97 Å². The molecule has 0 radical (unpaired) electrons. The zero-order valence-corrected chi connectivity index (χ0v) is 21.4. The molecule has 1 aliphatic carbocycles. The maximum absolute atomic E-state index is 12.6. The number of hydrogen-bond acceptors (Lipinski definition) is 5. The summed E-state index contributed by atoms with van der Waals surface area (Å²) in [6.07, 6.45) is 4.54. The minimum atomic E-state index is -0.481. The average molecular weight is 579 g/mol. The number of amides is 1. The van der Waals surface area contributed by atoms with E-state index in [9.17, 15) is 9.59 Å². The van der Waals surface area contributed by atoms with Crippen molar-refractivity contribution >= 4 is 60.1 Å². The van der Waals surface area contributed by atoms with Crippen LogP contribution in [0.1, 0.15) is 34.3 Å². The molecule has 32 heavy (non-hydrogen) atoms. The summed E-state index contributed by atoms with van der Waals surface area (Å²) in [5.41, 5.74) is 4.79. The first-order valence-electron chi connectivity index (χ1n) is 10.2. The van der Waals surface area contributed by atoms with Gasteiger partial charge in [-0.25, -0.2) is 4.79 Å². The number of fused-ring (bicyclic) bond motifs is 1. The predicted molar refractivity (Wildman–Crippen MR) is 134 cm³/mol. The van der Waals surface area contributed by atoms with Crippen LogP contribution in [0.15, 0.2) is 50.7 Å². The van der Waals surface area contributed by atoms with E-state index >= 15 is 0 Å². The third-order valence-corrected chi connectivity index (χ3v) is 7.35. The van der Waals surface area contributed by atoms with Crippen LogP contribution in [0.3, 0.4) is 0 Å². The third-order valence-electron chi connectivity index (χ3n) is 5.35. The molecule has 0 atom stereocenters. The van der Waals surface area contributed by atoms with Crippen LogP contribution in [-0.2, 0) is 22.4 Å². The molecule has 1 aromatic heterocycles. The number of rotatable bonds is 6. The minimum absolute atomic E-state index is 0.188. The summed E-state index contributed by atoms with van der Waals surface area (Å²) in [5, 5.41) is 5.15. The van der Waals surface area contributed by atoms with Gasteiger partial charge in [0, 0.05) is 15.4 Å². The Hall–Kier alpha value is -2.16. The molecule has 1 heterocycles. The van der Waals surface area contributed by atoms with Gasteiger partial charge in [0.2, 0.25) is 0 Å². The summed E-state index contributed by atoms with van der Waals surface area (Å²) >= 11 is 8.10. The maximum Gasteiger partial charge on any atom is 0.341 e. The molecule has 0 unspecified atom stereocenters. The molecular weight excluding hydrogens is 558 g/mol. The van der Waals surface area contributed by atoms with Crippen molar-refractivity contribution in [1.29, 1.82) is 0 Å². The average Bonchev–Trinajstić information content (AvgIpc) is 3.21. The maximum atomic E-state index is 12.6. The molecule has 4 rings (SSSR count). The molecule has 0 fully saturated rings. The van der Waals surface area contributed by atoms with Crippen LogP contribution in [0, 0.1) is 0 Å². The van der Waals surface area contributed by atoms with Gasteiger partial charge in [0.15, 0.2) is 6.61 Å². The van der Waals surface area contributed by atoms with E-state index in [-0.39, 0.29) is 12.5 Å². The Morgan fingerprint density at radius 2 is 1.84 bits per heavy atom. The second kappa shape index (κ2) is 10.2. The zero-order chi connectivity index (χ0) is 22.7. The van der Waals surface area contributed by atoms with Gasteiger partial charge < -0.3 is 14.8 Å². The van der Waals surface area contributed by atoms with E-state index in [1.54, 1.807) is 6.07 Å². The Labute approximate surface area is 207 Å². The van der Waals surface area contributed by atoms with Crippen molar-refractivity contribution in [2.75, 3.05) is 19.0 Å². The Morgan fingerprint density at radius 3 is 2.59 bits per heavy atom. The molecule has 0 aliphatic heterocycles. The van der Waals surface area contributed by atoms with Crippen molar-refractivity contribution in [2.45, 2.75) is 25.7 Å². The lowest BCUT2D eigenvalue weighted by Crippen LogP contribution is -2.21. The Balaban J connectivity index is 1.54. The zero-order valence-electron chi connectivity index (χ0n) is 17.4. The molecule has 8 heteroatoms. The van der Waals surface area contributed by atoms with Gasteiger partial charge in [0.1, 0.15) is 16.3 Å². The number of hydrogen-bond donors (Lipinski definition) is 1. The second-order valence-corrected chi connectivity index (χ2v) is 10.1. The number of esters is 1. The molecule has 1 amide bonds. The second-order valence-electron chi connectivity index (χ2n) is 7.45. The molecule has 1 N–H and O–H groups in total. The standard InChI is InChI=1S/C24H21Br2NO4S/c1-30-24(29)22-18(16-7-6-14-4-2-3-5-15(14)10-16)13-32-23(22)27-21(28)12-31-20-9-8-17(25)11-19(20)26/h6-11,13H,2-5,12H2,1H3,(H,27,28). The highest BCUT2D eigenvalue weighted by atomic mass is 79.9. The fourth-order valence-corrected chi connectivity index (χ4v) is 5.90. The number of anilines is 1. The van der Waals surface area contributed by atoms with E-state index in [0.717, 1.165) is 32.9 Å². The number of thiophene rings is 1. The largest absolute Gasteiger partial charge is 0.483 e. The summed E-state index contributed by atoms with van der Waals surface area (Å²) in [6.45, 7) is -0.188. The van der Waals surface area contributed by atoms with Gasteiger partial charge in [0.05, 0.1) is 11.6 Å². The fraction of sp³-hybridized carbons (Fsp3) is 0.250. The van der Waals surface area contributed by atoms with Crippen molar-refractivity contribution in [1.82, 2.24) is 0 Å². The lowest BCUT2D eigenvalue weighted by atomic mass is 9.89. The SMILES string of the molecule is COC(=O)c1c(-c2ccc3c(c2)CCCC3)csc1NC(=O)COc1ccc(Br)cc1Br.